The number of amides is 1. The third kappa shape index (κ3) is 4.60. The molecule has 7 nitrogen and oxygen atoms in total. The van der Waals surface area contributed by atoms with Gasteiger partial charge in [0, 0.05) is 23.6 Å². The van der Waals surface area contributed by atoms with Gasteiger partial charge in [-0.1, -0.05) is 17.8 Å². The van der Waals surface area contributed by atoms with E-state index in [1.807, 2.05) is 60.9 Å². The Hall–Kier alpha value is -3.39. The van der Waals surface area contributed by atoms with Gasteiger partial charge in [-0.05, 0) is 61.4 Å². The molecule has 3 heterocycles. The van der Waals surface area contributed by atoms with Crippen molar-refractivity contribution in [1.29, 1.82) is 0 Å². The van der Waals surface area contributed by atoms with Crippen LogP contribution < -0.4 is 5.32 Å². The van der Waals surface area contributed by atoms with E-state index < -0.39 is 0 Å². The summed E-state index contributed by atoms with van der Waals surface area (Å²) < 4.78 is 7.43. The molecule has 8 heteroatoms. The molecule has 0 atom stereocenters. The molecular formula is C22H21N5O2S. The van der Waals surface area contributed by atoms with Crippen molar-refractivity contribution in [2.45, 2.75) is 25.5 Å². The van der Waals surface area contributed by atoms with Crippen LogP contribution in [-0.2, 0) is 11.3 Å². The Morgan fingerprint density at radius 2 is 2.03 bits per heavy atom. The highest BCUT2D eigenvalue weighted by atomic mass is 32.2. The summed E-state index contributed by atoms with van der Waals surface area (Å²) in [6.07, 6.45) is 5.08. The zero-order valence-corrected chi connectivity index (χ0v) is 17.5. The normalized spacial score (nSPS) is 10.9. The van der Waals surface area contributed by atoms with E-state index >= 15 is 0 Å². The quantitative estimate of drug-likeness (QED) is 0.449. The topological polar surface area (TPSA) is 85.8 Å². The molecular weight excluding hydrogens is 398 g/mol. The summed E-state index contributed by atoms with van der Waals surface area (Å²) in [7, 11) is 0. The number of aromatic nitrogens is 4. The van der Waals surface area contributed by atoms with E-state index in [1.54, 1.807) is 18.7 Å². The average Bonchev–Trinajstić information content (AvgIpc) is 3.40. The molecule has 1 aromatic carbocycles. The molecule has 0 fully saturated rings. The number of aryl methyl sites for hydroxylation is 2. The van der Waals surface area contributed by atoms with Crippen molar-refractivity contribution in [3.63, 3.8) is 0 Å². The maximum absolute atomic E-state index is 12.5. The molecule has 0 aliphatic rings. The number of hydrogen-bond acceptors (Lipinski definition) is 6. The minimum Gasteiger partial charge on any atom is -0.467 e. The van der Waals surface area contributed by atoms with E-state index in [0.717, 1.165) is 22.6 Å². The summed E-state index contributed by atoms with van der Waals surface area (Å²) in [5.41, 5.74) is 3.97. The van der Waals surface area contributed by atoms with Crippen molar-refractivity contribution in [3.8, 4) is 11.4 Å². The maximum atomic E-state index is 12.5. The number of benzene rings is 1. The van der Waals surface area contributed by atoms with Crippen LogP contribution in [0.15, 0.2) is 70.7 Å². The maximum Gasteiger partial charge on any atom is 0.234 e. The van der Waals surface area contributed by atoms with Gasteiger partial charge in [0.15, 0.2) is 11.0 Å². The highest BCUT2D eigenvalue weighted by Crippen LogP contribution is 2.25. The van der Waals surface area contributed by atoms with Crippen LogP contribution in [0.25, 0.3) is 11.4 Å². The average molecular weight is 420 g/mol. The molecule has 0 spiro atoms. The molecule has 1 N–H and O–H groups in total. The fraction of sp³-hybridized carbons (Fsp3) is 0.182. The van der Waals surface area contributed by atoms with Gasteiger partial charge in [-0.2, -0.15) is 0 Å². The first-order valence-electron chi connectivity index (χ1n) is 9.46. The predicted molar refractivity (Wildman–Crippen MR) is 116 cm³/mol. The Labute approximate surface area is 178 Å². The minimum absolute atomic E-state index is 0.0984. The Kier molecular flexibility index (Phi) is 5.94. The second kappa shape index (κ2) is 8.96. The third-order valence-electron chi connectivity index (χ3n) is 4.65. The number of anilines is 1. The number of pyridine rings is 1. The van der Waals surface area contributed by atoms with Gasteiger partial charge in [0.2, 0.25) is 5.91 Å². The summed E-state index contributed by atoms with van der Waals surface area (Å²) in [4.78, 5) is 16.6. The molecule has 4 aromatic rings. The summed E-state index contributed by atoms with van der Waals surface area (Å²) in [6, 6.07) is 13.4. The highest BCUT2D eigenvalue weighted by molar-refractivity contribution is 7.99. The minimum atomic E-state index is -0.0984. The summed E-state index contributed by atoms with van der Waals surface area (Å²) in [5, 5.41) is 12.2. The standard InChI is InChI=1S/C22H21N5O2S/c1-15-7-8-18(11-16(15)2)24-20(28)14-30-22-26-25-21(17-5-3-9-23-12-17)27(22)13-19-6-4-10-29-19/h3-12H,13-14H2,1-2H3,(H,24,28). The molecule has 0 bridgehead atoms. The van der Waals surface area contributed by atoms with Crippen LogP contribution in [0.1, 0.15) is 16.9 Å². The highest BCUT2D eigenvalue weighted by Gasteiger charge is 2.17. The molecule has 0 unspecified atom stereocenters. The van der Waals surface area contributed by atoms with E-state index in [4.69, 9.17) is 4.42 Å². The van der Waals surface area contributed by atoms with Crippen LogP contribution in [0.2, 0.25) is 0 Å². The number of nitrogens with one attached hydrogen (secondary N) is 1. The molecule has 0 aliphatic heterocycles. The van der Waals surface area contributed by atoms with E-state index in [0.29, 0.717) is 17.5 Å². The SMILES string of the molecule is Cc1ccc(NC(=O)CSc2nnc(-c3cccnc3)n2Cc2ccco2)cc1C. The van der Waals surface area contributed by atoms with E-state index in [2.05, 4.69) is 20.5 Å². The Balaban J connectivity index is 1.51. The zero-order chi connectivity index (χ0) is 20.9. The van der Waals surface area contributed by atoms with Gasteiger partial charge in [0.25, 0.3) is 0 Å². The lowest BCUT2D eigenvalue weighted by molar-refractivity contribution is -0.113. The monoisotopic (exact) mass is 419 g/mol. The van der Waals surface area contributed by atoms with Gasteiger partial charge in [0.05, 0.1) is 18.6 Å². The molecule has 152 valence electrons. The van der Waals surface area contributed by atoms with E-state index in [-0.39, 0.29) is 11.7 Å². The van der Waals surface area contributed by atoms with Crippen LogP contribution >= 0.6 is 11.8 Å². The van der Waals surface area contributed by atoms with E-state index in [9.17, 15) is 4.79 Å². The lowest BCUT2D eigenvalue weighted by atomic mass is 10.1. The van der Waals surface area contributed by atoms with Crippen molar-refractivity contribution < 1.29 is 9.21 Å². The van der Waals surface area contributed by atoms with Crippen molar-refractivity contribution in [2.24, 2.45) is 0 Å². The molecule has 3 aromatic heterocycles. The smallest absolute Gasteiger partial charge is 0.234 e. The number of thioether (sulfide) groups is 1. The van der Waals surface area contributed by atoms with Crippen molar-refractivity contribution in [3.05, 3.63) is 78.0 Å². The molecule has 0 saturated heterocycles. The first-order chi connectivity index (χ1) is 14.6. The van der Waals surface area contributed by atoms with Crippen LogP contribution in [0.4, 0.5) is 5.69 Å². The summed E-state index contributed by atoms with van der Waals surface area (Å²) in [6.45, 7) is 4.53. The first kappa shape index (κ1) is 19.9. The third-order valence-corrected chi connectivity index (χ3v) is 5.62. The second-order valence-electron chi connectivity index (χ2n) is 6.85. The molecule has 30 heavy (non-hydrogen) atoms. The van der Waals surface area contributed by atoms with Crippen molar-refractivity contribution >= 4 is 23.4 Å². The zero-order valence-electron chi connectivity index (χ0n) is 16.7. The number of rotatable bonds is 7. The summed E-state index contributed by atoms with van der Waals surface area (Å²) >= 11 is 1.33. The number of hydrogen-bond donors (Lipinski definition) is 1. The van der Waals surface area contributed by atoms with Crippen LogP contribution in [-0.4, -0.2) is 31.4 Å². The van der Waals surface area contributed by atoms with Crippen molar-refractivity contribution in [2.75, 3.05) is 11.1 Å². The van der Waals surface area contributed by atoms with Gasteiger partial charge in [-0.25, -0.2) is 0 Å². The van der Waals surface area contributed by atoms with Crippen LogP contribution in [0.3, 0.4) is 0 Å². The largest absolute Gasteiger partial charge is 0.467 e. The Morgan fingerprint density at radius 3 is 2.77 bits per heavy atom. The molecule has 1 amide bonds. The predicted octanol–water partition coefficient (Wildman–Crippen LogP) is 4.33. The Morgan fingerprint density at radius 1 is 1.13 bits per heavy atom. The van der Waals surface area contributed by atoms with Gasteiger partial charge in [-0.3, -0.25) is 14.3 Å². The fourth-order valence-electron chi connectivity index (χ4n) is 2.95. The molecule has 0 radical (unpaired) electrons. The van der Waals surface area contributed by atoms with Crippen LogP contribution in [0.5, 0.6) is 0 Å². The first-order valence-corrected chi connectivity index (χ1v) is 10.4. The van der Waals surface area contributed by atoms with Gasteiger partial charge < -0.3 is 9.73 Å². The lowest BCUT2D eigenvalue weighted by Gasteiger charge is -2.09. The van der Waals surface area contributed by atoms with Gasteiger partial charge in [-0.15, -0.1) is 10.2 Å². The van der Waals surface area contributed by atoms with Crippen molar-refractivity contribution in [1.82, 2.24) is 19.7 Å². The fourth-order valence-corrected chi connectivity index (χ4v) is 3.69. The summed E-state index contributed by atoms with van der Waals surface area (Å²) in [5.74, 6) is 1.58. The van der Waals surface area contributed by atoms with Gasteiger partial charge in [0.1, 0.15) is 5.76 Å². The molecule has 0 aliphatic carbocycles. The Bertz CT molecular complexity index is 1140. The molecule has 0 saturated carbocycles. The number of nitrogens with zero attached hydrogens (tertiary/aromatic N) is 4. The number of furan rings is 1. The second-order valence-corrected chi connectivity index (χ2v) is 7.79. The van der Waals surface area contributed by atoms with E-state index in [1.165, 1.54) is 17.3 Å². The van der Waals surface area contributed by atoms with Gasteiger partial charge >= 0.3 is 0 Å². The molecule has 4 rings (SSSR count). The van der Waals surface area contributed by atoms with Crippen LogP contribution in [0, 0.1) is 13.8 Å². The number of carbonyl (C=O) groups excluding carboxylic acids is 1. The lowest BCUT2D eigenvalue weighted by Crippen LogP contribution is -2.15. The number of carbonyl (C=O) groups is 1.